The van der Waals surface area contributed by atoms with Gasteiger partial charge in [0, 0.05) is 23.9 Å². The van der Waals surface area contributed by atoms with E-state index in [1.54, 1.807) is 31.2 Å². The Morgan fingerprint density at radius 1 is 1.27 bits per heavy atom. The van der Waals surface area contributed by atoms with Gasteiger partial charge in [-0.3, -0.25) is 19.3 Å². The first-order chi connectivity index (χ1) is 10.5. The van der Waals surface area contributed by atoms with Gasteiger partial charge in [0.05, 0.1) is 13.2 Å². The van der Waals surface area contributed by atoms with Crippen LogP contribution in [0.25, 0.3) is 0 Å². The van der Waals surface area contributed by atoms with Crippen LogP contribution < -0.4 is 10.6 Å². The predicted octanol–water partition coefficient (Wildman–Crippen LogP) is 0.692. The topological polar surface area (TPSA) is 98.7 Å². The molecular formula is C15H17N3O4. The third-order valence-corrected chi connectivity index (χ3v) is 3.08. The number of nitrogens with zero attached hydrogens (tertiary/aromatic N) is 1. The zero-order valence-corrected chi connectivity index (χ0v) is 12.1. The van der Waals surface area contributed by atoms with Crippen LogP contribution in [0.5, 0.6) is 0 Å². The second kappa shape index (κ2) is 6.86. The normalized spacial score (nSPS) is 14.1. The van der Waals surface area contributed by atoms with E-state index in [-0.39, 0.29) is 24.8 Å². The van der Waals surface area contributed by atoms with E-state index in [0.717, 1.165) is 4.90 Å². The van der Waals surface area contributed by atoms with Crippen LogP contribution in [0.3, 0.4) is 0 Å². The number of amides is 3. The lowest BCUT2D eigenvalue weighted by Gasteiger charge is -2.13. The van der Waals surface area contributed by atoms with Crippen molar-refractivity contribution in [3.63, 3.8) is 0 Å². The summed E-state index contributed by atoms with van der Waals surface area (Å²) < 4.78 is 0. The molecule has 1 aromatic carbocycles. The molecule has 0 atom stereocenters. The molecule has 22 heavy (non-hydrogen) atoms. The maximum absolute atomic E-state index is 12.0. The zero-order valence-electron chi connectivity index (χ0n) is 12.1. The van der Waals surface area contributed by atoms with Crippen LogP contribution in [-0.4, -0.2) is 40.9 Å². The molecule has 0 spiro atoms. The Bertz CT molecular complexity index is 639. The third-order valence-electron chi connectivity index (χ3n) is 3.08. The fraction of sp³-hybridized carbons (Fsp3) is 0.267. The van der Waals surface area contributed by atoms with Crippen molar-refractivity contribution in [1.29, 1.82) is 0 Å². The van der Waals surface area contributed by atoms with Gasteiger partial charge in [0.2, 0.25) is 5.91 Å². The number of anilines is 2. The Morgan fingerprint density at radius 3 is 2.68 bits per heavy atom. The number of imide groups is 1. The minimum absolute atomic E-state index is 0.0358. The standard InChI is InChI=1S/C15H17N3O4/c1-2-13(20)17-11-5-3-4-10(8-11)16-12-9-14(21)18(6-7-19)15(12)22/h3-5,8-9,16,19H,2,6-7H2,1H3,(H,17,20). The largest absolute Gasteiger partial charge is 0.395 e. The number of aliphatic hydroxyl groups is 1. The molecule has 0 unspecified atom stereocenters. The van der Waals surface area contributed by atoms with E-state index in [9.17, 15) is 14.4 Å². The molecule has 0 aromatic heterocycles. The second-order valence-corrected chi connectivity index (χ2v) is 4.68. The average Bonchev–Trinajstić information content (AvgIpc) is 2.75. The summed E-state index contributed by atoms with van der Waals surface area (Å²) >= 11 is 0. The van der Waals surface area contributed by atoms with Crippen LogP contribution in [0.4, 0.5) is 11.4 Å². The highest BCUT2D eigenvalue weighted by atomic mass is 16.3. The number of β-amino-alcohol motifs (C(OH)–C–C–N with tert-alkyl or cyclic N) is 1. The molecular weight excluding hydrogens is 286 g/mol. The first-order valence-corrected chi connectivity index (χ1v) is 6.90. The van der Waals surface area contributed by atoms with Gasteiger partial charge in [-0.2, -0.15) is 0 Å². The Kier molecular flexibility index (Phi) is 4.90. The van der Waals surface area contributed by atoms with Crippen molar-refractivity contribution in [3.05, 3.63) is 36.0 Å². The van der Waals surface area contributed by atoms with Crippen LogP contribution in [0.2, 0.25) is 0 Å². The number of hydrogen-bond donors (Lipinski definition) is 3. The van der Waals surface area contributed by atoms with Crippen molar-refractivity contribution in [1.82, 2.24) is 4.90 Å². The Labute approximate surface area is 127 Å². The van der Waals surface area contributed by atoms with Crippen molar-refractivity contribution in [2.24, 2.45) is 0 Å². The molecule has 0 radical (unpaired) electrons. The molecule has 116 valence electrons. The highest BCUT2D eigenvalue weighted by molar-refractivity contribution is 6.17. The van der Waals surface area contributed by atoms with E-state index in [1.807, 2.05) is 0 Å². The fourth-order valence-corrected chi connectivity index (χ4v) is 1.99. The number of rotatable bonds is 6. The highest BCUT2D eigenvalue weighted by Gasteiger charge is 2.30. The molecule has 2 rings (SSSR count). The molecule has 7 nitrogen and oxygen atoms in total. The number of carbonyl (C=O) groups is 3. The van der Waals surface area contributed by atoms with Gasteiger partial charge >= 0.3 is 0 Å². The highest BCUT2D eigenvalue weighted by Crippen LogP contribution is 2.20. The summed E-state index contributed by atoms with van der Waals surface area (Å²) in [5, 5.41) is 14.4. The third kappa shape index (κ3) is 3.50. The van der Waals surface area contributed by atoms with Gasteiger partial charge in [0.1, 0.15) is 5.70 Å². The molecule has 3 N–H and O–H groups in total. The molecule has 7 heteroatoms. The minimum atomic E-state index is -0.484. The summed E-state index contributed by atoms with van der Waals surface area (Å²) in [6, 6.07) is 6.84. The van der Waals surface area contributed by atoms with Gasteiger partial charge in [-0.15, -0.1) is 0 Å². The molecule has 0 bridgehead atoms. The van der Waals surface area contributed by atoms with Crippen molar-refractivity contribution in [3.8, 4) is 0 Å². The zero-order chi connectivity index (χ0) is 16.1. The molecule has 1 aromatic rings. The molecule has 1 heterocycles. The Hall–Kier alpha value is -2.67. The van der Waals surface area contributed by atoms with Crippen LogP contribution in [0, 0.1) is 0 Å². The smallest absolute Gasteiger partial charge is 0.277 e. The maximum atomic E-state index is 12.0. The van der Waals surface area contributed by atoms with Gasteiger partial charge in [-0.25, -0.2) is 0 Å². The quantitative estimate of drug-likeness (QED) is 0.672. The van der Waals surface area contributed by atoms with Crippen molar-refractivity contribution >= 4 is 29.1 Å². The summed E-state index contributed by atoms with van der Waals surface area (Å²) in [7, 11) is 0. The van der Waals surface area contributed by atoms with Crippen LogP contribution in [-0.2, 0) is 14.4 Å². The number of hydrogen-bond acceptors (Lipinski definition) is 5. The van der Waals surface area contributed by atoms with Gasteiger partial charge in [0.15, 0.2) is 0 Å². The summed E-state index contributed by atoms with van der Waals surface area (Å²) in [6.07, 6.45) is 1.56. The molecule has 3 amide bonds. The van der Waals surface area contributed by atoms with E-state index in [2.05, 4.69) is 10.6 Å². The molecule has 1 aliphatic heterocycles. The average molecular weight is 303 g/mol. The number of aliphatic hydroxyl groups excluding tert-OH is 1. The number of carbonyl (C=O) groups excluding carboxylic acids is 3. The van der Waals surface area contributed by atoms with Crippen molar-refractivity contribution in [2.75, 3.05) is 23.8 Å². The first-order valence-electron chi connectivity index (χ1n) is 6.90. The first kappa shape index (κ1) is 15.7. The van der Waals surface area contributed by atoms with Crippen LogP contribution >= 0.6 is 0 Å². The summed E-state index contributed by atoms with van der Waals surface area (Å²) in [5.41, 5.74) is 1.31. The van der Waals surface area contributed by atoms with E-state index in [0.29, 0.717) is 17.8 Å². The fourth-order valence-electron chi connectivity index (χ4n) is 1.99. The van der Waals surface area contributed by atoms with Gasteiger partial charge < -0.3 is 15.7 Å². The van der Waals surface area contributed by atoms with Crippen LogP contribution in [0.15, 0.2) is 36.0 Å². The summed E-state index contributed by atoms with van der Waals surface area (Å²) in [6.45, 7) is 1.43. The molecule has 0 fully saturated rings. The molecule has 1 aliphatic rings. The summed E-state index contributed by atoms with van der Waals surface area (Å²) in [5.74, 6) is -1.06. The van der Waals surface area contributed by atoms with Crippen molar-refractivity contribution in [2.45, 2.75) is 13.3 Å². The lowest BCUT2D eigenvalue weighted by Crippen LogP contribution is -2.34. The molecule has 0 saturated heterocycles. The molecule has 0 aliphatic carbocycles. The van der Waals surface area contributed by atoms with Gasteiger partial charge in [-0.1, -0.05) is 13.0 Å². The van der Waals surface area contributed by atoms with Crippen LogP contribution in [0.1, 0.15) is 13.3 Å². The lowest BCUT2D eigenvalue weighted by molar-refractivity contribution is -0.137. The van der Waals surface area contributed by atoms with E-state index < -0.39 is 11.8 Å². The number of nitrogens with one attached hydrogen (secondary N) is 2. The molecule has 0 saturated carbocycles. The van der Waals surface area contributed by atoms with Crippen molar-refractivity contribution < 1.29 is 19.5 Å². The Balaban J connectivity index is 2.10. The summed E-state index contributed by atoms with van der Waals surface area (Å²) in [4.78, 5) is 36.0. The maximum Gasteiger partial charge on any atom is 0.277 e. The van der Waals surface area contributed by atoms with Gasteiger partial charge in [-0.05, 0) is 18.2 Å². The monoisotopic (exact) mass is 303 g/mol. The SMILES string of the molecule is CCC(=O)Nc1cccc(NC2=CC(=O)N(CCO)C2=O)c1. The van der Waals surface area contributed by atoms with E-state index >= 15 is 0 Å². The van der Waals surface area contributed by atoms with E-state index in [4.69, 9.17) is 5.11 Å². The minimum Gasteiger partial charge on any atom is -0.395 e. The lowest BCUT2D eigenvalue weighted by atomic mass is 10.2. The van der Waals surface area contributed by atoms with E-state index in [1.165, 1.54) is 6.08 Å². The predicted molar refractivity (Wildman–Crippen MR) is 80.9 cm³/mol. The Morgan fingerprint density at radius 2 is 2.00 bits per heavy atom. The second-order valence-electron chi connectivity index (χ2n) is 4.68. The van der Waals surface area contributed by atoms with Gasteiger partial charge in [0.25, 0.3) is 11.8 Å². The number of benzene rings is 1.